The fraction of sp³-hybridized carbons (Fsp3) is 0.0588. The first-order valence-electron chi connectivity index (χ1n) is 6.36. The van der Waals surface area contributed by atoms with Crippen molar-refractivity contribution in [3.05, 3.63) is 53.0 Å². The second-order valence-electron chi connectivity index (χ2n) is 4.72. The molecule has 0 aliphatic rings. The molecule has 1 aromatic heterocycles. The summed E-state index contributed by atoms with van der Waals surface area (Å²) in [5, 5.41) is 4.39. The average Bonchev–Trinajstić information content (AvgIpc) is 2.87. The van der Waals surface area contributed by atoms with E-state index in [2.05, 4.69) is 40.2 Å². The Morgan fingerprint density at radius 1 is 0.800 bits per heavy atom. The van der Waals surface area contributed by atoms with Gasteiger partial charge in [0.1, 0.15) is 16.9 Å². The van der Waals surface area contributed by atoms with Gasteiger partial charge in [-0.2, -0.15) is 0 Å². The summed E-state index contributed by atoms with van der Waals surface area (Å²) in [6.45, 7) is 0. The van der Waals surface area contributed by atoms with Gasteiger partial charge in [-0.3, -0.25) is 0 Å². The van der Waals surface area contributed by atoms with Gasteiger partial charge in [-0.15, -0.1) is 0 Å². The molecule has 0 saturated carbocycles. The SMILES string of the molecule is COc1cccc2c1ccc1c3cccc(Br)c3oc21. The highest BCUT2D eigenvalue weighted by Crippen LogP contribution is 2.38. The van der Waals surface area contributed by atoms with Crippen molar-refractivity contribution in [3.8, 4) is 5.75 Å². The number of furan rings is 1. The summed E-state index contributed by atoms with van der Waals surface area (Å²) in [4.78, 5) is 0. The molecule has 3 heteroatoms. The van der Waals surface area contributed by atoms with Gasteiger partial charge in [-0.25, -0.2) is 0 Å². The number of hydrogen-bond donors (Lipinski definition) is 0. The molecular formula is C17H11BrO2. The maximum Gasteiger partial charge on any atom is 0.149 e. The molecule has 0 spiro atoms. The van der Waals surface area contributed by atoms with Crippen molar-refractivity contribution >= 4 is 48.6 Å². The molecule has 0 atom stereocenters. The van der Waals surface area contributed by atoms with E-state index in [4.69, 9.17) is 9.15 Å². The molecule has 98 valence electrons. The van der Waals surface area contributed by atoms with Gasteiger partial charge < -0.3 is 9.15 Å². The van der Waals surface area contributed by atoms with Crippen molar-refractivity contribution < 1.29 is 9.15 Å². The van der Waals surface area contributed by atoms with Crippen LogP contribution in [0.5, 0.6) is 5.75 Å². The zero-order valence-electron chi connectivity index (χ0n) is 10.8. The van der Waals surface area contributed by atoms with Crippen molar-refractivity contribution in [2.24, 2.45) is 0 Å². The first-order valence-corrected chi connectivity index (χ1v) is 7.15. The van der Waals surface area contributed by atoms with E-state index in [1.165, 1.54) is 0 Å². The molecule has 0 aliphatic carbocycles. The number of hydrogen-bond acceptors (Lipinski definition) is 2. The molecule has 0 fully saturated rings. The first kappa shape index (κ1) is 11.8. The maximum atomic E-state index is 6.09. The van der Waals surface area contributed by atoms with Crippen molar-refractivity contribution in [2.45, 2.75) is 0 Å². The number of rotatable bonds is 1. The molecule has 0 bridgehead atoms. The summed E-state index contributed by atoms with van der Waals surface area (Å²) in [7, 11) is 1.69. The summed E-state index contributed by atoms with van der Waals surface area (Å²) < 4.78 is 12.5. The molecule has 2 nitrogen and oxygen atoms in total. The Hall–Kier alpha value is -2.00. The van der Waals surface area contributed by atoms with Crippen LogP contribution in [0.4, 0.5) is 0 Å². The van der Waals surface area contributed by atoms with Crippen molar-refractivity contribution in [3.63, 3.8) is 0 Å². The van der Waals surface area contributed by atoms with Gasteiger partial charge in [0, 0.05) is 21.5 Å². The first-order chi connectivity index (χ1) is 9.79. The minimum absolute atomic E-state index is 0.865. The summed E-state index contributed by atoms with van der Waals surface area (Å²) in [6, 6.07) is 16.3. The smallest absolute Gasteiger partial charge is 0.149 e. The Bertz CT molecular complexity index is 953. The average molecular weight is 327 g/mol. The van der Waals surface area contributed by atoms with E-state index in [9.17, 15) is 0 Å². The standard InChI is InChI=1S/C17H11BrO2/c1-19-15-7-3-5-11-10(15)8-9-13-12-4-2-6-14(18)17(12)20-16(11)13/h2-9H,1H3. The number of ether oxygens (including phenoxy) is 1. The normalized spacial score (nSPS) is 11.5. The number of para-hydroxylation sites is 1. The monoisotopic (exact) mass is 326 g/mol. The topological polar surface area (TPSA) is 22.4 Å². The molecule has 0 unspecified atom stereocenters. The lowest BCUT2D eigenvalue weighted by Gasteiger charge is -2.04. The lowest BCUT2D eigenvalue weighted by atomic mass is 10.1. The van der Waals surface area contributed by atoms with Crippen LogP contribution < -0.4 is 4.74 Å². The van der Waals surface area contributed by atoms with Crippen LogP contribution in [0.3, 0.4) is 0 Å². The minimum atomic E-state index is 0.865. The molecule has 4 rings (SSSR count). The second-order valence-corrected chi connectivity index (χ2v) is 5.57. The number of benzene rings is 3. The van der Waals surface area contributed by atoms with E-state index in [0.29, 0.717) is 0 Å². The Kier molecular flexibility index (Phi) is 2.51. The second kappa shape index (κ2) is 4.25. The van der Waals surface area contributed by atoms with Crippen LogP contribution in [0, 0.1) is 0 Å². The fourth-order valence-electron chi connectivity index (χ4n) is 2.73. The molecule has 0 N–H and O–H groups in total. The summed E-state index contributed by atoms with van der Waals surface area (Å²) in [5.74, 6) is 0.865. The zero-order chi connectivity index (χ0) is 13.7. The lowest BCUT2D eigenvalue weighted by Crippen LogP contribution is -1.84. The van der Waals surface area contributed by atoms with Gasteiger partial charge in [0.15, 0.2) is 0 Å². The molecule has 0 saturated heterocycles. The molecule has 3 aromatic carbocycles. The largest absolute Gasteiger partial charge is 0.496 e. The molecule has 4 aromatic rings. The molecule has 0 aliphatic heterocycles. The van der Waals surface area contributed by atoms with E-state index < -0.39 is 0 Å². The van der Waals surface area contributed by atoms with Crippen LogP contribution in [0.25, 0.3) is 32.7 Å². The third-order valence-electron chi connectivity index (χ3n) is 3.65. The fourth-order valence-corrected chi connectivity index (χ4v) is 3.18. The predicted molar refractivity (Wildman–Crippen MR) is 85.5 cm³/mol. The van der Waals surface area contributed by atoms with E-state index in [0.717, 1.165) is 42.9 Å². The van der Waals surface area contributed by atoms with E-state index in [1.807, 2.05) is 24.3 Å². The summed E-state index contributed by atoms with van der Waals surface area (Å²) in [5.41, 5.74) is 1.79. The van der Waals surface area contributed by atoms with Crippen LogP contribution in [0.2, 0.25) is 0 Å². The Morgan fingerprint density at radius 3 is 2.25 bits per heavy atom. The molecule has 0 amide bonds. The lowest BCUT2D eigenvalue weighted by molar-refractivity contribution is 0.420. The van der Waals surface area contributed by atoms with Crippen LogP contribution >= 0.6 is 15.9 Å². The quantitative estimate of drug-likeness (QED) is 0.460. The maximum absolute atomic E-state index is 6.09. The van der Waals surface area contributed by atoms with Crippen molar-refractivity contribution in [1.29, 1.82) is 0 Å². The highest BCUT2D eigenvalue weighted by Gasteiger charge is 2.13. The van der Waals surface area contributed by atoms with Gasteiger partial charge in [-0.05, 0) is 40.2 Å². The number of halogens is 1. The Morgan fingerprint density at radius 2 is 1.45 bits per heavy atom. The van der Waals surface area contributed by atoms with Gasteiger partial charge in [0.05, 0.1) is 11.6 Å². The van der Waals surface area contributed by atoms with E-state index in [-0.39, 0.29) is 0 Å². The molecule has 1 heterocycles. The highest BCUT2D eigenvalue weighted by molar-refractivity contribution is 9.10. The van der Waals surface area contributed by atoms with E-state index >= 15 is 0 Å². The van der Waals surface area contributed by atoms with Crippen molar-refractivity contribution in [1.82, 2.24) is 0 Å². The molecule has 0 radical (unpaired) electrons. The molecule has 20 heavy (non-hydrogen) atoms. The zero-order valence-corrected chi connectivity index (χ0v) is 12.4. The summed E-state index contributed by atoms with van der Waals surface area (Å²) >= 11 is 3.55. The van der Waals surface area contributed by atoms with Crippen LogP contribution in [0.15, 0.2) is 57.4 Å². The molecular weight excluding hydrogens is 316 g/mol. The highest BCUT2D eigenvalue weighted by atomic mass is 79.9. The Labute approximate surface area is 124 Å². The van der Waals surface area contributed by atoms with Crippen LogP contribution in [0.1, 0.15) is 0 Å². The third-order valence-corrected chi connectivity index (χ3v) is 4.28. The van der Waals surface area contributed by atoms with Crippen LogP contribution in [-0.4, -0.2) is 7.11 Å². The predicted octanol–water partition coefficient (Wildman–Crippen LogP) is 5.51. The third kappa shape index (κ3) is 1.50. The summed E-state index contributed by atoms with van der Waals surface area (Å²) in [6.07, 6.45) is 0. The van der Waals surface area contributed by atoms with Crippen LogP contribution in [-0.2, 0) is 0 Å². The van der Waals surface area contributed by atoms with Gasteiger partial charge in [-0.1, -0.05) is 24.3 Å². The van der Waals surface area contributed by atoms with Gasteiger partial charge in [0.2, 0.25) is 0 Å². The number of methoxy groups -OCH3 is 1. The number of fused-ring (bicyclic) bond motifs is 5. The van der Waals surface area contributed by atoms with Crippen molar-refractivity contribution in [2.75, 3.05) is 7.11 Å². The van der Waals surface area contributed by atoms with Gasteiger partial charge >= 0.3 is 0 Å². The van der Waals surface area contributed by atoms with E-state index in [1.54, 1.807) is 7.11 Å². The Balaban J connectivity index is 2.26. The van der Waals surface area contributed by atoms with Gasteiger partial charge in [0.25, 0.3) is 0 Å². The minimum Gasteiger partial charge on any atom is -0.496 e.